The van der Waals surface area contributed by atoms with Crippen molar-refractivity contribution in [3.8, 4) is 44.9 Å². The van der Waals surface area contributed by atoms with Crippen molar-refractivity contribution in [1.82, 2.24) is 0 Å². The highest BCUT2D eigenvalue weighted by Gasteiger charge is 2.51. The molecule has 9 aromatic carbocycles. The molecule has 58 heavy (non-hydrogen) atoms. The Kier molecular flexibility index (Phi) is 6.93. The fourth-order valence-electron chi connectivity index (χ4n) is 10.6. The molecule has 0 atom stereocenters. The zero-order valence-electron chi connectivity index (χ0n) is 32.4. The molecular formula is C56H39NO. The van der Waals surface area contributed by atoms with E-state index in [4.69, 9.17) is 4.74 Å². The van der Waals surface area contributed by atoms with Crippen LogP contribution in [0.1, 0.15) is 47.2 Å². The number of ether oxygens (including phenoxy) is 1. The molecule has 0 amide bonds. The van der Waals surface area contributed by atoms with Crippen LogP contribution in [0.15, 0.2) is 200 Å². The summed E-state index contributed by atoms with van der Waals surface area (Å²) in [7, 11) is 0. The molecule has 9 aromatic rings. The van der Waals surface area contributed by atoms with Gasteiger partial charge in [0.1, 0.15) is 11.5 Å². The standard InChI is InChI=1S/C56H39NO/c1-55(2)45-22-10-8-20-41(45)43-34-38(29-31-46(43)55)57(51-33-28-36-16-6-7-19-40(36)54(51)37-17-4-3-5-18-37)39-30-32-48-44(35-39)42-21-9-11-23-47(42)56(48)49-24-12-14-26-52(49)58-53-27-15-13-25-50(53)56/h3-35H,1-2H3. The van der Waals surface area contributed by atoms with E-state index >= 15 is 0 Å². The maximum atomic E-state index is 6.63. The molecule has 1 aliphatic heterocycles. The van der Waals surface area contributed by atoms with Gasteiger partial charge in [0.15, 0.2) is 0 Å². The summed E-state index contributed by atoms with van der Waals surface area (Å²) in [5.41, 5.74) is 17.9. The fourth-order valence-corrected chi connectivity index (χ4v) is 10.6. The van der Waals surface area contributed by atoms with E-state index in [0.29, 0.717) is 0 Å². The molecule has 1 heterocycles. The summed E-state index contributed by atoms with van der Waals surface area (Å²) in [5, 5.41) is 2.45. The first kappa shape index (κ1) is 33.0. The van der Waals surface area contributed by atoms with Crippen LogP contribution in [0.4, 0.5) is 17.1 Å². The molecule has 0 unspecified atom stereocenters. The summed E-state index contributed by atoms with van der Waals surface area (Å²) in [5.74, 6) is 1.80. The van der Waals surface area contributed by atoms with E-state index in [-0.39, 0.29) is 5.41 Å². The molecule has 274 valence electrons. The third-order valence-corrected chi connectivity index (χ3v) is 13.1. The number of benzene rings is 9. The Balaban J connectivity index is 1.16. The average Bonchev–Trinajstić information content (AvgIpc) is 3.69. The predicted molar refractivity (Wildman–Crippen MR) is 239 cm³/mol. The number of rotatable bonds is 4. The van der Waals surface area contributed by atoms with Gasteiger partial charge in [-0.25, -0.2) is 0 Å². The molecule has 0 saturated heterocycles. The molecule has 2 aliphatic carbocycles. The van der Waals surface area contributed by atoms with E-state index in [1.165, 1.54) is 77.5 Å². The molecule has 3 aliphatic rings. The van der Waals surface area contributed by atoms with Crippen LogP contribution >= 0.6 is 0 Å². The van der Waals surface area contributed by atoms with Crippen molar-refractivity contribution in [3.05, 3.63) is 234 Å². The van der Waals surface area contributed by atoms with Gasteiger partial charge in [-0.1, -0.05) is 172 Å². The Morgan fingerprint density at radius 2 is 0.897 bits per heavy atom. The zero-order valence-corrected chi connectivity index (χ0v) is 32.4. The van der Waals surface area contributed by atoms with Crippen LogP contribution < -0.4 is 9.64 Å². The lowest BCUT2D eigenvalue weighted by molar-refractivity contribution is 0.436. The van der Waals surface area contributed by atoms with E-state index < -0.39 is 5.41 Å². The lowest BCUT2D eigenvalue weighted by atomic mass is 9.66. The van der Waals surface area contributed by atoms with Gasteiger partial charge in [-0.05, 0) is 103 Å². The first-order valence-electron chi connectivity index (χ1n) is 20.3. The molecule has 0 radical (unpaired) electrons. The van der Waals surface area contributed by atoms with E-state index in [1.807, 2.05) is 0 Å². The van der Waals surface area contributed by atoms with Gasteiger partial charge < -0.3 is 9.64 Å². The van der Waals surface area contributed by atoms with E-state index in [2.05, 4.69) is 219 Å². The van der Waals surface area contributed by atoms with Crippen LogP contribution in [0.25, 0.3) is 44.2 Å². The Hall–Kier alpha value is -7.16. The summed E-state index contributed by atoms with van der Waals surface area (Å²) in [6.07, 6.45) is 0. The lowest BCUT2D eigenvalue weighted by Crippen LogP contribution is -2.32. The number of hydrogen-bond acceptors (Lipinski definition) is 2. The fraction of sp³-hybridized carbons (Fsp3) is 0.0714. The lowest BCUT2D eigenvalue weighted by Gasteiger charge is -2.39. The number of anilines is 3. The van der Waals surface area contributed by atoms with Gasteiger partial charge in [0.05, 0.1) is 11.1 Å². The highest BCUT2D eigenvalue weighted by Crippen LogP contribution is 2.63. The van der Waals surface area contributed by atoms with Crippen LogP contribution in [0, 0.1) is 0 Å². The predicted octanol–water partition coefficient (Wildman–Crippen LogP) is 14.8. The second kappa shape index (κ2) is 12.2. The minimum absolute atomic E-state index is 0.0880. The monoisotopic (exact) mass is 741 g/mol. The van der Waals surface area contributed by atoms with Crippen LogP contribution in [0.5, 0.6) is 11.5 Å². The quantitative estimate of drug-likeness (QED) is 0.178. The Bertz CT molecular complexity index is 3090. The zero-order chi connectivity index (χ0) is 38.6. The van der Waals surface area contributed by atoms with Crippen LogP contribution in [-0.4, -0.2) is 0 Å². The van der Waals surface area contributed by atoms with Crippen molar-refractivity contribution in [2.24, 2.45) is 0 Å². The summed E-state index contributed by atoms with van der Waals surface area (Å²) in [6, 6.07) is 73.7. The van der Waals surface area contributed by atoms with Gasteiger partial charge in [-0.15, -0.1) is 0 Å². The summed E-state index contributed by atoms with van der Waals surface area (Å²) >= 11 is 0. The third-order valence-electron chi connectivity index (χ3n) is 13.1. The van der Waals surface area contributed by atoms with Gasteiger partial charge in [0, 0.05) is 33.5 Å². The second-order valence-electron chi connectivity index (χ2n) is 16.4. The largest absolute Gasteiger partial charge is 0.457 e. The molecule has 1 spiro atoms. The minimum Gasteiger partial charge on any atom is -0.457 e. The smallest absolute Gasteiger partial charge is 0.132 e. The maximum Gasteiger partial charge on any atom is 0.132 e. The van der Waals surface area contributed by atoms with E-state index in [1.54, 1.807) is 0 Å². The summed E-state index contributed by atoms with van der Waals surface area (Å²) in [4.78, 5) is 2.50. The van der Waals surface area contributed by atoms with E-state index in [0.717, 1.165) is 28.6 Å². The molecular weight excluding hydrogens is 703 g/mol. The number of hydrogen-bond donors (Lipinski definition) is 0. The number of nitrogens with zero attached hydrogens (tertiary/aromatic N) is 1. The topological polar surface area (TPSA) is 12.5 Å². The van der Waals surface area contributed by atoms with Crippen molar-refractivity contribution < 1.29 is 4.74 Å². The molecule has 0 fully saturated rings. The first-order valence-corrected chi connectivity index (χ1v) is 20.3. The van der Waals surface area contributed by atoms with Gasteiger partial charge in [-0.2, -0.15) is 0 Å². The van der Waals surface area contributed by atoms with E-state index in [9.17, 15) is 0 Å². The summed E-state index contributed by atoms with van der Waals surface area (Å²) in [6.45, 7) is 4.71. The van der Waals surface area contributed by atoms with Crippen LogP contribution in [0.3, 0.4) is 0 Å². The van der Waals surface area contributed by atoms with Crippen LogP contribution in [-0.2, 0) is 10.8 Å². The highest BCUT2D eigenvalue weighted by molar-refractivity contribution is 6.06. The van der Waals surface area contributed by atoms with Crippen molar-refractivity contribution >= 4 is 27.8 Å². The first-order chi connectivity index (χ1) is 28.5. The van der Waals surface area contributed by atoms with Crippen LogP contribution in [0.2, 0.25) is 0 Å². The van der Waals surface area contributed by atoms with Crippen molar-refractivity contribution in [3.63, 3.8) is 0 Å². The SMILES string of the molecule is CC1(C)c2ccccc2-c2cc(N(c3ccc4c(c3)-c3ccccc3C43c4ccccc4Oc4ccccc43)c3ccc4ccccc4c3-c3ccccc3)ccc21. The average molecular weight is 742 g/mol. The molecule has 0 saturated carbocycles. The number of fused-ring (bicyclic) bond motifs is 13. The summed E-state index contributed by atoms with van der Waals surface area (Å²) < 4.78 is 6.63. The van der Waals surface area contributed by atoms with Gasteiger partial charge in [0.25, 0.3) is 0 Å². The Labute approximate surface area is 339 Å². The van der Waals surface area contributed by atoms with Crippen molar-refractivity contribution in [2.45, 2.75) is 24.7 Å². The van der Waals surface area contributed by atoms with Gasteiger partial charge in [-0.3, -0.25) is 0 Å². The molecule has 0 bridgehead atoms. The second-order valence-corrected chi connectivity index (χ2v) is 16.4. The molecule has 2 nitrogen and oxygen atoms in total. The maximum absolute atomic E-state index is 6.63. The molecule has 2 heteroatoms. The Morgan fingerprint density at radius 1 is 0.397 bits per heavy atom. The van der Waals surface area contributed by atoms with Crippen molar-refractivity contribution in [1.29, 1.82) is 0 Å². The normalized spacial score (nSPS) is 14.4. The molecule has 0 aromatic heterocycles. The molecule has 12 rings (SSSR count). The third kappa shape index (κ3) is 4.43. The highest BCUT2D eigenvalue weighted by atomic mass is 16.5. The Morgan fingerprint density at radius 3 is 1.60 bits per heavy atom. The number of para-hydroxylation sites is 2. The van der Waals surface area contributed by atoms with Gasteiger partial charge in [0.2, 0.25) is 0 Å². The van der Waals surface area contributed by atoms with Crippen molar-refractivity contribution in [2.75, 3.05) is 4.90 Å². The minimum atomic E-state index is -0.526. The van der Waals surface area contributed by atoms with Gasteiger partial charge >= 0.3 is 0 Å². The molecule has 0 N–H and O–H groups in total.